The lowest BCUT2D eigenvalue weighted by molar-refractivity contribution is -0.138. The maximum absolute atomic E-state index is 13.7. The summed E-state index contributed by atoms with van der Waals surface area (Å²) in [5.74, 6) is -0.683. The molecule has 37 heavy (non-hydrogen) atoms. The largest absolute Gasteiger partial charge is 0.481 e. The normalized spacial score (nSPS) is 17.5. The maximum Gasteiger partial charge on any atom is 0.305 e. The lowest BCUT2D eigenvalue weighted by Gasteiger charge is -2.33. The number of piperidine rings is 1. The molecule has 1 amide bonds. The number of carboxylic acid groups (broad SMARTS) is 1. The van der Waals surface area contributed by atoms with Gasteiger partial charge in [0.25, 0.3) is 5.56 Å². The molecule has 0 saturated carbocycles. The van der Waals surface area contributed by atoms with Crippen molar-refractivity contribution in [3.8, 4) is 0 Å². The van der Waals surface area contributed by atoms with Gasteiger partial charge in [0.2, 0.25) is 5.91 Å². The molecule has 8 heteroatoms. The van der Waals surface area contributed by atoms with Crippen LogP contribution in [0, 0.1) is 11.8 Å². The summed E-state index contributed by atoms with van der Waals surface area (Å²) in [5, 5.41) is 13.0. The first-order valence-corrected chi connectivity index (χ1v) is 13.1. The number of nitrogens with one attached hydrogen (secondary N) is 1. The van der Waals surface area contributed by atoms with Crippen LogP contribution >= 0.6 is 0 Å². The fraction of sp³-hybridized carbons (Fsp3) is 0.448. The number of aliphatic carboxylic acids is 1. The predicted octanol–water partition coefficient (Wildman–Crippen LogP) is 4.55. The molecule has 0 radical (unpaired) electrons. The van der Waals surface area contributed by atoms with Gasteiger partial charge in [-0.2, -0.15) is 0 Å². The number of fused-ring (bicyclic) bond motifs is 1. The highest BCUT2D eigenvalue weighted by molar-refractivity contribution is 5.83. The minimum atomic E-state index is -1.01. The molecule has 1 fully saturated rings. The average Bonchev–Trinajstić information content (AvgIpc) is 2.87. The number of nitrogens with zero attached hydrogens (tertiary/aromatic N) is 3. The third-order valence-electron chi connectivity index (χ3n) is 7.01. The van der Waals surface area contributed by atoms with Gasteiger partial charge in [-0.25, -0.2) is 4.98 Å². The Morgan fingerprint density at radius 3 is 2.68 bits per heavy atom. The highest BCUT2D eigenvalue weighted by atomic mass is 16.4. The summed E-state index contributed by atoms with van der Waals surface area (Å²) in [4.78, 5) is 45.4. The number of aromatic nitrogens is 2. The molecule has 3 atom stereocenters. The quantitative estimate of drug-likeness (QED) is 0.443. The van der Waals surface area contributed by atoms with Crippen LogP contribution in [-0.4, -0.2) is 39.6 Å². The van der Waals surface area contributed by atoms with Crippen molar-refractivity contribution in [3.63, 3.8) is 0 Å². The smallest absolute Gasteiger partial charge is 0.305 e. The summed E-state index contributed by atoms with van der Waals surface area (Å²) in [7, 11) is 0. The van der Waals surface area contributed by atoms with Crippen LogP contribution in [0.1, 0.15) is 64.1 Å². The molecule has 1 saturated heterocycles. The van der Waals surface area contributed by atoms with E-state index < -0.39 is 24.0 Å². The average molecular weight is 505 g/mol. The van der Waals surface area contributed by atoms with Crippen molar-refractivity contribution in [1.29, 1.82) is 0 Å². The SMILES string of the molecule is CC(C)C[C@@H](C(=O)N[C@@H](CC(=O)O)c1cccc(N2CCC[C@@H](C)C2)c1)n1cnc2ccccc2c1=O. The Bertz CT molecular complexity index is 1320. The molecule has 0 aliphatic carbocycles. The number of para-hydroxylation sites is 1. The Balaban J connectivity index is 1.64. The van der Waals surface area contributed by atoms with Gasteiger partial charge in [-0.1, -0.05) is 45.0 Å². The van der Waals surface area contributed by atoms with Crippen molar-refractivity contribution in [2.24, 2.45) is 11.8 Å². The van der Waals surface area contributed by atoms with Crippen LogP contribution in [0.4, 0.5) is 5.69 Å². The number of hydrogen-bond donors (Lipinski definition) is 2. The third kappa shape index (κ3) is 6.37. The Morgan fingerprint density at radius 2 is 1.95 bits per heavy atom. The van der Waals surface area contributed by atoms with E-state index in [2.05, 4.69) is 22.1 Å². The second-order valence-electron chi connectivity index (χ2n) is 10.6. The molecule has 0 unspecified atom stereocenters. The summed E-state index contributed by atoms with van der Waals surface area (Å²) < 4.78 is 1.38. The number of hydrogen-bond acceptors (Lipinski definition) is 5. The summed E-state index contributed by atoms with van der Waals surface area (Å²) in [6, 6.07) is 13.3. The van der Waals surface area contributed by atoms with E-state index in [0.29, 0.717) is 23.2 Å². The fourth-order valence-corrected chi connectivity index (χ4v) is 5.16. The Hall–Kier alpha value is -3.68. The van der Waals surface area contributed by atoms with E-state index in [9.17, 15) is 19.5 Å². The lowest BCUT2D eigenvalue weighted by Crippen LogP contribution is -2.40. The first-order chi connectivity index (χ1) is 17.7. The number of amides is 1. The highest BCUT2D eigenvalue weighted by Crippen LogP contribution is 2.28. The maximum atomic E-state index is 13.7. The van der Waals surface area contributed by atoms with Gasteiger partial charge >= 0.3 is 5.97 Å². The van der Waals surface area contributed by atoms with E-state index in [0.717, 1.165) is 30.8 Å². The van der Waals surface area contributed by atoms with Gasteiger partial charge in [-0.05, 0) is 60.9 Å². The van der Waals surface area contributed by atoms with E-state index in [1.54, 1.807) is 18.2 Å². The summed E-state index contributed by atoms with van der Waals surface area (Å²) in [6.45, 7) is 8.11. The summed E-state index contributed by atoms with van der Waals surface area (Å²) in [6.07, 6.45) is 3.89. The van der Waals surface area contributed by atoms with E-state index in [4.69, 9.17) is 0 Å². The first-order valence-electron chi connectivity index (χ1n) is 13.1. The van der Waals surface area contributed by atoms with Crippen molar-refractivity contribution in [2.75, 3.05) is 18.0 Å². The van der Waals surface area contributed by atoms with Gasteiger partial charge in [0, 0.05) is 18.8 Å². The minimum absolute atomic E-state index is 0.122. The van der Waals surface area contributed by atoms with Gasteiger partial charge in [0.1, 0.15) is 6.04 Å². The Kier molecular flexibility index (Phi) is 8.26. The highest BCUT2D eigenvalue weighted by Gasteiger charge is 2.28. The monoisotopic (exact) mass is 504 g/mol. The number of rotatable bonds is 9. The van der Waals surface area contributed by atoms with Crippen LogP contribution in [0.2, 0.25) is 0 Å². The first kappa shape index (κ1) is 26.4. The lowest BCUT2D eigenvalue weighted by atomic mass is 9.97. The Labute approximate surface area is 217 Å². The molecular formula is C29H36N4O4. The van der Waals surface area contributed by atoms with Crippen LogP contribution in [0.25, 0.3) is 10.9 Å². The molecule has 2 heterocycles. The van der Waals surface area contributed by atoms with Gasteiger partial charge in [-0.15, -0.1) is 0 Å². The van der Waals surface area contributed by atoms with Gasteiger partial charge in [-0.3, -0.25) is 19.0 Å². The third-order valence-corrected chi connectivity index (χ3v) is 7.01. The van der Waals surface area contributed by atoms with Crippen molar-refractivity contribution < 1.29 is 14.7 Å². The van der Waals surface area contributed by atoms with Crippen molar-refractivity contribution >= 4 is 28.5 Å². The van der Waals surface area contributed by atoms with Crippen molar-refractivity contribution in [1.82, 2.24) is 14.9 Å². The number of carboxylic acids is 1. The standard InChI is InChI=1S/C29H36N4O4/c1-19(2)14-26(33-18-30-24-12-5-4-11-23(24)29(33)37)28(36)31-25(16-27(34)35)21-9-6-10-22(15-21)32-13-7-8-20(3)17-32/h4-6,9-12,15,18-20,25-26H,7-8,13-14,16-17H2,1-3H3,(H,31,36)(H,34,35)/t20-,25+,26+/m1/s1. The number of carbonyl (C=O) groups is 2. The summed E-state index contributed by atoms with van der Waals surface area (Å²) >= 11 is 0. The zero-order valence-corrected chi connectivity index (χ0v) is 21.8. The van der Waals surface area contributed by atoms with Crippen LogP contribution in [-0.2, 0) is 9.59 Å². The number of anilines is 1. The Morgan fingerprint density at radius 1 is 1.16 bits per heavy atom. The predicted molar refractivity (Wildman–Crippen MR) is 145 cm³/mol. The summed E-state index contributed by atoms with van der Waals surface area (Å²) in [5.41, 5.74) is 2.04. The molecule has 1 aliphatic rings. The van der Waals surface area contributed by atoms with E-state index in [1.807, 2.05) is 44.2 Å². The van der Waals surface area contributed by atoms with Gasteiger partial charge < -0.3 is 15.3 Å². The molecule has 1 aliphatic heterocycles. The van der Waals surface area contributed by atoms with Gasteiger partial charge in [0.15, 0.2) is 0 Å². The zero-order chi connectivity index (χ0) is 26.5. The van der Waals surface area contributed by atoms with Crippen LogP contribution in [0.5, 0.6) is 0 Å². The molecule has 1 aromatic heterocycles. The molecule has 8 nitrogen and oxygen atoms in total. The molecule has 0 spiro atoms. The molecule has 196 valence electrons. The molecule has 3 aromatic rings. The van der Waals surface area contributed by atoms with Crippen LogP contribution < -0.4 is 15.8 Å². The molecule has 2 N–H and O–H groups in total. The van der Waals surface area contributed by atoms with Crippen molar-refractivity contribution in [2.45, 2.75) is 58.5 Å². The van der Waals surface area contributed by atoms with Gasteiger partial charge in [0.05, 0.1) is 29.7 Å². The molecule has 4 rings (SSSR count). The van der Waals surface area contributed by atoms with E-state index in [-0.39, 0.29) is 17.9 Å². The number of benzene rings is 2. The van der Waals surface area contributed by atoms with Crippen LogP contribution in [0.15, 0.2) is 59.7 Å². The second-order valence-corrected chi connectivity index (χ2v) is 10.6. The molecular weight excluding hydrogens is 468 g/mol. The fourth-order valence-electron chi connectivity index (χ4n) is 5.16. The zero-order valence-electron chi connectivity index (χ0n) is 21.8. The van der Waals surface area contributed by atoms with Crippen molar-refractivity contribution in [3.05, 3.63) is 70.8 Å². The van der Waals surface area contributed by atoms with Crippen LogP contribution in [0.3, 0.4) is 0 Å². The topological polar surface area (TPSA) is 105 Å². The van der Waals surface area contributed by atoms with E-state index in [1.165, 1.54) is 17.3 Å². The molecule has 2 aromatic carbocycles. The minimum Gasteiger partial charge on any atom is -0.481 e. The second kappa shape index (κ2) is 11.6. The molecule has 0 bridgehead atoms. The number of carbonyl (C=O) groups excluding carboxylic acids is 1. The van der Waals surface area contributed by atoms with E-state index >= 15 is 0 Å².